The number of rotatable bonds is 0. The van der Waals surface area contributed by atoms with E-state index in [2.05, 4.69) is 19.9 Å². The topological polar surface area (TPSA) is 59.1 Å². The van der Waals surface area contributed by atoms with Crippen LogP contribution in [0.5, 0.6) is 0 Å². The Morgan fingerprint density at radius 1 is 1.21 bits per heavy atom. The second-order valence-corrected chi connectivity index (χ2v) is 7.91. The zero-order valence-corrected chi connectivity index (χ0v) is 15.1. The lowest BCUT2D eigenvalue weighted by molar-refractivity contribution is -0.133. The van der Waals surface area contributed by atoms with Gasteiger partial charge in [0.05, 0.1) is 17.3 Å². The predicted molar refractivity (Wildman–Crippen MR) is 92.2 cm³/mol. The molecule has 0 bridgehead atoms. The Labute approximate surface area is 144 Å². The van der Waals surface area contributed by atoms with Crippen molar-refractivity contribution in [1.29, 1.82) is 0 Å². The number of aliphatic hydroxyl groups is 1. The number of hydrogen-bond donors (Lipinski definition) is 1. The van der Waals surface area contributed by atoms with Crippen LogP contribution in [0.4, 0.5) is 0 Å². The quantitative estimate of drug-likeness (QED) is 0.414. The monoisotopic (exact) mass is 332 g/mol. The molecule has 0 aromatic carbocycles. The maximum Gasteiger partial charge on any atom is 0.339 e. The molecule has 1 N–H and O–H groups in total. The summed E-state index contributed by atoms with van der Waals surface area (Å²) in [5, 5.41) is 10.7. The maximum atomic E-state index is 11.9. The van der Waals surface area contributed by atoms with Crippen molar-refractivity contribution in [3.63, 3.8) is 0 Å². The van der Waals surface area contributed by atoms with E-state index < -0.39 is 5.60 Å². The summed E-state index contributed by atoms with van der Waals surface area (Å²) in [5.74, 6) is 0.239. The Hall–Kier alpha value is -1.39. The number of fused-ring (bicyclic) bond motifs is 2. The fourth-order valence-electron chi connectivity index (χ4n) is 3.66. The lowest BCUT2D eigenvalue weighted by Crippen LogP contribution is -2.23. The second-order valence-electron chi connectivity index (χ2n) is 7.91. The van der Waals surface area contributed by atoms with E-state index in [1.54, 1.807) is 19.9 Å². The number of ether oxygens (including phenoxy) is 2. The smallest absolute Gasteiger partial charge is 0.339 e. The molecule has 0 unspecified atom stereocenters. The minimum Gasteiger partial charge on any atom is -0.423 e. The molecule has 4 heteroatoms. The van der Waals surface area contributed by atoms with Gasteiger partial charge in [-0.25, -0.2) is 4.79 Å². The fraction of sp³-hybridized carbons (Fsp3) is 0.650. The zero-order valence-electron chi connectivity index (χ0n) is 15.1. The van der Waals surface area contributed by atoms with Gasteiger partial charge in [-0.3, -0.25) is 0 Å². The van der Waals surface area contributed by atoms with Crippen LogP contribution >= 0.6 is 0 Å². The van der Waals surface area contributed by atoms with Crippen LogP contribution in [0.2, 0.25) is 0 Å². The molecule has 0 aromatic heterocycles. The first-order chi connectivity index (χ1) is 11.2. The Balaban J connectivity index is 1.87. The number of allylic oxidation sites excluding steroid dienone is 3. The van der Waals surface area contributed by atoms with Crippen LogP contribution in [0.1, 0.15) is 66.2 Å². The lowest BCUT2D eigenvalue weighted by atomic mass is 9.90. The van der Waals surface area contributed by atoms with E-state index in [0.29, 0.717) is 17.8 Å². The highest BCUT2D eigenvalue weighted by molar-refractivity contribution is 5.93. The molecule has 1 saturated heterocycles. The van der Waals surface area contributed by atoms with Gasteiger partial charge in [-0.15, -0.1) is 0 Å². The van der Waals surface area contributed by atoms with Crippen LogP contribution in [0.15, 0.2) is 34.6 Å². The Morgan fingerprint density at radius 2 is 1.96 bits per heavy atom. The average Bonchev–Trinajstić information content (AvgIpc) is 3.06. The second kappa shape index (κ2) is 6.16. The first-order valence-corrected chi connectivity index (χ1v) is 8.91. The van der Waals surface area contributed by atoms with E-state index in [-0.39, 0.29) is 17.7 Å². The molecule has 4 nitrogen and oxygen atoms in total. The molecule has 3 atom stereocenters. The standard InChI is InChI=1S/C20H28O4/c1-13-6-5-10-20(4)17(24-20)9-11-19(3,22)12-16-15(8-7-13)14(2)18(21)23-16/h6,12,17,22H,5,7-11H2,1-4H3/b13-6+,16-12?/t17-,19-,20+/m0/s1. The van der Waals surface area contributed by atoms with Gasteiger partial charge in [0, 0.05) is 11.1 Å². The van der Waals surface area contributed by atoms with Crippen LogP contribution in [0.25, 0.3) is 0 Å². The van der Waals surface area contributed by atoms with Crippen molar-refractivity contribution in [1.82, 2.24) is 0 Å². The van der Waals surface area contributed by atoms with Crippen molar-refractivity contribution < 1.29 is 19.4 Å². The van der Waals surface area contributed by atoms with Gasteiger partial charge in [-0.05, 0) is 72.3 Å². The fourth-order valence-corrected chi connectivity index (χ4v) is 3.66. The third-order valence-corrected chi connectivity index (χ3v) is 5.55. The highest BCUT2D eigenvalue weighted by atomic mass is 16.6. The average molecular weight is 332 g/mol. The number of epoxide rings is 1. The van der Waals surface area contributed by atoms with Gasteiger partial charge >= 0.3 is 5.97 Å². The molecular formula is C20H28O4. The SMILES string of the molecule is CC1=C2CC/C(C)=C/CC[C@@]3(C)O[C@H]3CC[C@](C)(O)C=C2OC1=O. The van der Waals surface area contributed by atoms with Gasteiger partial charge in [0.2, 0.25) is 0 Å². The molecule has 0 radical (unpaired) electrons. The molecule has 3 rings (SSSR count). The summed E-state index contributed by atoms with van der Waals surface area (Å²) in [4.78, 5) is 11.9. The molecule has 2 heterocycles. The summed E-state index contributed by atoms with van der Waals surface area (Å²) < 4.78 is 11.3. The maximum absolute atomic E-state index is 11.9. The highest BCUT2D eigenvalue weighted by Gasteiger charge is 2.51. The van der Waals surface area contributed by atoms with E-state index in [0.717, 1.165) is 37.7 Å². The number of carbonyl (C=O) groups excluding carboxylic acids is 1. The molecule has 1 aliphatic carbocycles. The third kappa shape index (κ3) is 3.65. The summed E-state index contributed by atoms with van der Waals surface area (Å²) >= 11 is 0. The molecule has 24 heavy (non-hydrogen) atoms. The van der Waals surface area contributed by atoms with Crippen molar-refractivity contribution >= 4 is 5.97 Å². The first-order valence-electron chi connectivity index (χ1n) is 8.91. The Kier molecular flexibility index (Phi) is 4.47. The van der Waals surface area contributed by atoms with E-state index in [9.17, 15) is 9.90 Å². The zero-order chi connectivity index (χ0) is 17.5. The van der Waals surface area contributed by atoms with E-state index in [4.69, 9.17) is 9.47 Å². The van der Waals surface area contributed by atoms with Crippen molar-refractivity contribution in [2.24, 2.45) is 0 Å². The van der Waals surface area contributed by atoms with Gasteiger partial charge in [0.25, 0.3) is 0 Å². The van der Waals surface area contributed by atoms with Crippen LogP contribution in [-0.4, -0.2) is 28.4 Å². The number of hydrogen-bond acceptors (Lipinski definition) is 4. The minimum atomic E-state index is -1.01. The van der Waals surface area contributed by atoms with E-state index >= 15 is 0 Å². The molecular weight excluding hydrogens is 304 g/mol. The van der Waals surface area contributed by atoms with Crippen LogP contribution in [-0.2, 0) is 14.3 Å². The van der Waals surface area contributed by atoms with Crippen LogP contribution in [0.3, 0.4) is 0 Å². The van der Waals surface area contributed by atoms with Crippen molar-refractivity contribution in [2.75, 3.05) is 0 Å². The number of carbonyl (C=O) groups is 1. The van der Waals surface area contributed by atoms with Gasteiger partial charge in [0.1, 0.15) is 5.76 Å². The van der Waals surface area contributed by atoms with Gasteiger partial charge < -0.3 is 14.6 Å². The third-order valence-electron chi connectivity index (χ3n) is 5.55. The Bertz CT molecular complexity index is 638. The minimum absolute atomic E-state index is 0.0500. The van der Waals surface area contributed by atoms with E-state index in [1.807, 2.05) is 0 Å². The van der Waals surface area contributed by atoms with E-state index in [1.165, 1.54) is 5.57 Å². The van der Waals surface area contributed by atoms with Crippen LogP contribution < -0.4 is 0 Å². The molecule has 0 saturated carbocycles. The first kappa shape index (κ1) is 17.4. The molecule has 0 aromatic rings. The number of esters is 1. The van der Waals surface area contributed by atoms with Crippen molar-refractivity contribution in [3.8, 4) is 0 Å². The molecule has 1 fully saturated rings. The summed E-state index contributed by atoms with van der Waals surface area (Å²) in [6.07, 6.45) is 9.28. The van der Waals surface area contributed by atoms with Crippen molar-refractivity contribution in [2.45, 2.75) is 83.5 Å². The van der Waals surface area contributed by atoms with Gasteiger partial charge in [-0.1, -0.05) is 11.6 Å². The summed E-state index contributed by atoms with van der Waals surface area (Å²) in [6.45, 7) is 7.87. The molecule has 0 amide bonds. The van der Waals surface area contributed by atoms with Crippen molar-refractivity contribution in [3.05, 3.63) is 34.6 Å². The molecule has 0 spiro atoms. The predicted octanol–water partition coefficient (Wildman–Crippen LogP) is 3.95. The largest absolute Gasteiger partial charge is 0.423 e. The summed E-state index contributed by atoms with van der Waals surface area (Å²) in [5.41, 5.74) is 1.85. The van der Waals surface area contributed by atoms with Gasteiger partial charge in [-0.2, -0.15) is 0 Å². The Morgan fingerprint density at radius 3 is 2.71 bits per heavy atom. The van der Waals surface area contributed by atoms with Gasteiger partial charge in [0.15, 0.2) is 0 Å². The summed E-state index contributed by atoms with van der Waals surface area (Å²) in [7, 11) is 0. The molecule has 3 aliphatic rings. The van der Waals surface area contributed by atoms with Crippen LogP contribution in [0, 0.1) is 0 Å². The molecule has 2 aliphatic heterocycles. The highest BCUT2D eigenvalue weighted by Crippen LogP contribution is 2.44. The summed E-state index contributed by atoms with van der Waals surface area (Å²) in [6, 6.07) is 0. The normalized spacial score (nSPS) is 39.9. The molecule has 132 valence electrons. The lowest BCUT2D eigenvalue weighted by Gasteiger charge is -2.20.